The molecule has 5 heteroatoms. The number of fused-ring (bicyclic) bond motifs is 1. The van der Waals surface area contributed by atoms with Crippen molar-refractivity contribution in [3.63, 3.8) is 0 Å². The quantitative estimate of drug-likeness (QED) is 0.535. The van der Waals surface area contributed by atoms with E-state index in [0.29, 0.717) is 6.54 Å². The average Bonchev–Trinajstić information content (AvgIpc) is 3.21. The molecule has 0 aliphatic carbocycles. The minimum atomic E-state index is 0.706. The van der Waals surface area contributed by atoms with Crippen molar-refractivity contribution in [2.24, 2.45) is 4.99 Å². The van der Waals surface area contributed by atoms with Gasteiger partial charge in [-0.3, -0.25) is 0 Å². The Balaban J connectivity index is 1.54. The first-order chi connectivity index (χ1) is 11.3. The Morgan fingerprint density at radius 3 is 2.87 bits per heavy atom. The van der Waals surface area contributed by atoms with E-state index in [2.05, 4.69) is 52.2 Å². The summed E-state index contributed by atoms with van der Waals surface area (Å²) in [6.07, 6.45) is 0.831. The number of para-hydroxylation sites is 1. The van der Waals surface area contributed by atoms with E-state index in [1.165, 1.54) is 4.88 Å². The van der Waals surface area contributed by atoms with Crippen molar-refractivity contribution >= 4 is 28.3 Å². The third-order valence-corrected chi connectivity index (χ3v) is 4.32. The van der Waals surface area contributed by atoms with Crippen LogP contribution in [0, 0.1) is 0 Å². The maximum atomic E-state index is 5.83. The minimum Gasteiger partial charge on any atom is -0.461 e. The Bertz CT molecular complexity index is 729. The Morgan fingerprint density at radius 1 is 1.17 bits per heavy atom. The molecule has 2 heterocycles. The maximum Gasteiger partial charge on any atom is 0.191 e. The van der Waals surface area contributed by atoms with Gasteiger partial charge in [0, 0.05) is 29.8 Å². The maximum absolute atomic E-state index is 5.83. The van der Waals surface area contributed by atoms with Crippen LogP contribution in [0.3, 0.4) is 0 Å². The molecular formula is C18H21N3OS. The van der Waals surface area contributed by atoms with E-state index in [-0.39, 0.29) is 0 Å². The number of guanidine groups is 1. The Morgan fingerprint density at radius 2 is 2.09 bits per heavy atom. The fourth-order valence-corrected chi connectivity index (χ4v) is 2.99. The van der Waals surface area contributed by atoms with Gasteiger partial charge >= 0.3 is 0 Å². The van der Waals surface area contributed by atoms with Gasteiger partial charge in [0.1, 0.15) is 11.3 Å². The van der Waals surface area contributed by atoms with Gasteiger partial charge in [0.05, 0.1) is 6.54 Å². The highest BCUT2D eigenvalue weighted by molar-refractivity contribution is 7.09. The minimum absolute atomic E-state index is 0.706. The SMILES string of the molecule is CCNC(=NCc1cccs1)NCCc1cc2ccccc2o1. The van der Waals surface area contributed by atoms with Crippen LogP contribution in [0.1, 0.15) is 17.6 Å². The Hall–Kier alpha value is -2.27. The van der Waals surface area contributed by atoms with Crippen molar-refractivity contribution < 1.29 is 4.42 Å². The predicted octanol–water partition coefficient (Wildman–Crippen LogP) is 3.79. The number of nitrogens with one attached hydrogen (secondary N) is 2. The molecule has 1 aromatic carbocycles. The number of hydrogen-bond acceptors (Lipinski definition) is 3. The number of nitrogens with zero attached hydrogens (tertiary/aromatic N) is 1. The molecule has 0 saturated heterocycles. The second kappa shape index (κ2) is 7.83. The van der Waals surface area contributed by atoms with E-state index < -0.39 is 0 Å². The predicted molar refractivity (Wildman–Crippen MR) is 97.1 cm³/mol. The van der Waals surface area contributed by atoms with Gasteiger partial charge < -0.3 is 15.1 Å². The van der Waals surface area contributed by atoms with Crippen LogP contribution in [0.2, 0.25) is 0 Å². The van der Waals surface area contributed by atoms with Gasteiger partial charge in [-0.25, -0.2) is 4.99 Å². The Kier molecular flexibility index (Phi) is 5.32. The van der Waals surface area contributed by atoms with E-state index in [1.807, 2.05) is 18.2 Å². The van der Waals surface area contributed by atoms with Gasteiger partial charge in [-0.05, 0) is 30.5 Å². The molecule has 2 aromatic heterocycles. The number of rotatable bonds is 6. The van der Waals surface area contributed by atoms with E-state index in [1.54, 1.807) is 11.3 Å². The first kappa shape index (κ1) is 15.6. The van der Waals surface area contributed by atoms with Crippen LogP contribution in [0.25, 0.3) is 11.0 Å². The zero-order valence-corrected chi connectivity index (χ0v) is 14.0. The molecule has 0 spiro atoms. The highest BCUT2D eigenvalue weighted by Crippen LogP contribution is 2.18. The summed E-state index contributed by atoms with van der Waals surface area (Å²) < 4.78 is 5.83. The number of furan rings is 1. The fraction of sp³-hybridized carbons (Fsp3) is 0.278. The molecule has 0 unspecified atom stereocenters. The molecular weight excluding hydrogens is 306 g/mol. The van der Waals surface area contributed by atoms with Crippen molar-refractivity contribution in [3.05, 3.63) is 58.5 Å². The molecule has 0 amide bonds. The van der Waals surface area contributed by atoms with Crippen molar-refractivity contribution in [3.8, 4) is 0 Å². The molecule has 120 valence electrons. The second-order valence-corrected chi connectivity index (χ2v) is 6.23. The van der Waals surface area contributed by atoms with Crippen LogP contribution in [0.5, 0.6) is 0 Å². The highest BCUT2D eigenvalue weighted by atomic mass is 32.1. The summed E-state index contributed by atoms with van der Waals surface area (Å²) in [6, 6.07) is 14.4. The van der Waals surface area contributed by atoms with E-state index >= 15 is 0 Å². The third kappa shape index (κ3) is 4.36. The fourth-order valence-electron chi connectivity index (χ4n) is 2.37. The average molecular weight is 327 g/mol. The molecule has 0 bridgehead atoms. The molecule has 3 aromatic rings. The zero-order chi connectivity index (χ0) is 15.9. The lowest BCUT2D eigenvalue weighted by atomic mass is 10.2. The lowest BCUT2D eigenvalue weighted by Crippen LogP contribution is -2.38. The molecule has 0 saturated carbocycles. The van der Waals surface area contributed by atoms with Crippen LogP contribution in [0.15, 0.2) is 57.3 Å². The number of benzene rings is 1. The third-order valence-electron chi connectivity index (χ3n) is 3.46. The lowest BCUT2D eigenvalue weighted by molar-refractivity contribution is 0.544. The zero-order valence-electron chi connectivity index (χ0n) is 13.2. The first-order valence-electron chi connectivity index (χ1n) is 7.87. The largest absolute Gasteiger partial charge is 0.461 e. The van der Waals surface area contributed by atoms with Crippen LogP contribution in [-0.4, -0.2) is 19.0 Å². The molecule has 0 atom stereocenters. The van der Waals surface area contributed by atoms with Gasteiger partial charge in [0.25, 0.3) is 0 Å². The van der Waals surface area contributed by atoms with Crippen molar-refractivity contribution in [2.75, 3.05) is 13.1 Å². The number of hydrogen-bond donors (Lipinski definition) is 2. The summed E-state index contributed by atoms with van der Waals surface area (Å²) in [5.74, 6) is 1.84. The van der Waals surface area contributed by atoms with E-state index in [4.69, 9.17) is 4.42 Å². The second-order valence-electron chi connectivity index (χ2n) is 5.20. The van der Waals surface area contributed by atoms with Crippen molar-refractivity contribution in [2.45, 2.75) is 19.9 Å². The van der Waals surface area contributed by atoms with Crippen LogP contribution < -0.4 is 10.6 Å². The van der Waals surface area contributed by atoms with E-state index in [0.717, 1.165) is 42.2 Å². The molecule has 0 radical (unpaired) electrons. The van der Waals surface area contributed by atoms with E-state index in [9.17, 15) is 0 Å². The summed E-state index contributed by atoms with van der Waals surface area (Å²) in [4.78, 5) is 5.87. The van der Waals surface area contributed by atoms with Gasteiger partial charge in [0.2, 0.25) is 0 Å². The van der Waals surface area contributed by atoms with Crippen LogP contribution >= 0.6 is 11.3 Å². The molecule has 23 heavy (non-hydrogen) atoms. The normalized spacial score (nSPS) is 11.8. The Labute approximate surface area is 140 Å². The van der Waals surface area contributed by atoms with Crippen LogP contribution in [0.4, 0.5) is 0 Å². The van der Waals surface area contributed by atoms with Crippen molar-refractivity contribution in [1.82, 2.24) is 10.6 Å². The molecule has 0 fully saturated rings. The summed E-state index contributed by atoms with van der Waals surface area (Å²) >= 11 is 1.73. The molecule has 0 aliphatic rings. The lowest BCUT2D eigenvalue weighted by Gasteiger charge is -2.10. The molecule has 4 nitrogen and oxygen atoms in total. The topological polar surface area (TPSA) is 49.6 Å². The van der Waals surface area contributed by atoms with Gasteiger partial charge in [0.15, 0.2) is 5.96 Å². The summed E-state index contributed by atoms with van der Waals surface area (Å²) in [7, 11) is 0. The molecule has 3 rings (SSSR count). The number of aliphatic imine (C=N–C) groups is 1. The molecule has 0 aliphatic heterocycles. The standard InChI is InChI=1S/C18H21N3OS/c1-2-19-18(21-13-16-7-5-11-23-16)20-10-9-15-12-14-6-3-4-8-17(14)22-15/h3-8,11-12H,2,9-10,13H2,1H3,(H2,19,20,21). The smallest absolute Gasteiger partial charge is 0.191 e. The summed E-state index contributed by atoms with van der Waals surface area (Å²) in [5.41, 5.74) is 0.945. The summed E-state index contributed by atoms with van der Waals surface area (Å²) in [5, 5.41) is 9.86. The van der Waals surface area contributed by atoms with Crippen molar-refractivity contribution in [1.29, 1.82) is 0 Å². The summed E-state index contributed by atoms with van der Waals surface area (Å²) in [6.45, 7) is 4.41. The highest BCUT2D eigenvalue weighted by Gasteiger charge is 2.04. The molecule has 2 N–H and O–H groups in total. The van der Waals surface area contributed by atoms with Gasteiger partial charge in [-0.2, -0.15) is 0 Å². The van der Waals surface area contributed by atoms with Gasteiger partial charge in [-0.15, -0.1) is 11.3 Å². The monoisotopic (exact) mass is 327 g/mol. The van der Waals surface area contributed by atoms with Crippen LogP contribution in [-0.2, 0) is 13.0 Å². The van der Waals surface area contributed by atoms with Gasteiger partial charge in [-0.1, -0.05) is 24.3 Å². The first-order valence-corrected chi connectivity index (χ1v) is 8.75. The number of thiophene rings is 1.